The molecule has 0 atom stereocenters. The quantitative estimate of drug-likeness (QED) is 0.407. The summed E-state index contributed by atoms with van der Waals surface area (Å²) < 4.78 is 31.7. The van der Waals surface area contributed by atoms with E-state index in [4.69, 9.17) is 4.74 Å². The third-order valence-electron chi connectivity index (χ3n) is 4.81. The second kappa shape index (κ2) is 11.5. The van der Waals surface area contributed by atoms with E-state index in [0.29, 0.717) is 31.6 Å². The van der Waals surface area contributed by atoms with Gasteiger partial charge in [-0.1, -0.05) is 44.2 Å². The average Bonchev–Trinajstić information content (AvgIpc) is 2.78. The number of esters is 1. The number of sulfonamides is 1. The number of nitrogens with zero attached hydrogens (tertiary/aromatic N) is 1. The Bertz CT molecular complexity index is 1060. The number of carbonyl (C=O) groups excluding carboxylic acids is 3. The topological polar surface area (TPSA) is 110 Å². The Morgan fingerprint density at radius 3 is 2.22 bits per heavy atom. The molecule has 0 aromatic heterocycles. The molecule has 9 heteroatoms. The molecule has 1 amide bonds. The molecule has 8 nitrogen and oxygen atoms in total. The fraction of sp³-hybridized carbons (Fsp3) is 0.348. The number of hydrogen-bond donors (Lipinski definition) is 1. The van der Waals surface area contributed by atoms with Crippen molar-refractivity contribution in [3.8, 4) is 0 Å². The summed E-state index contributed by atoms with van der Waals surface area (Å²) in [5.74, 6) is -1.25. The molecule has 0 aliphatic heterocycles. The smallest absolute Gasteiger partial charge is 0.338 e. The molecule has 0 saturated carbocycles. The second-order valence-corrected chi connectivity index (χ2v) is 8.98. The van der Waals surface area contributed by atoms with Crippen LogP contribution in [0.25, 0.3) is 0 Å². The molecule has 0 fully saturated rings. The number of ketones is 1. The molecule has 2 aromatic carbocycles. The van der Waals surface area contributed by atoms with Crippen LogP contribution in [0.5, 0.6) is 0 Å². The zero-order valence-electron chi connectivity index (χ0n) is 18.5. The summed E-state index contributed by atoms with van der Waals surface area (Å²) in [6.45, 7) is 5.59. The number of Topliss-reactive ketones (excluding diaryl/α,β-unsaturated/α-hetero) is 1. The lowest BCUT2D eigenvalue weighted by atomic mass is 10.1. The van der Waals surface area contributed by atoms with Crippen molar-refractivity contribution in [2.75, 3.05) is 26.2 Å². The van der Waals surface area contributed by atoms with Gasteiger partial charge in [0, 0.05) is 32.1 Å². The maximum atomic E-state index is 12.6. The minimum absolute atomic E-state index is 0.00294. The normalized spacial score (nSPS) is 11.2. The molecule has 1 N–H and O–H groups in total. The van der Waals surface area contributed by atoms with Crippen LogP contribution in [0.2, 0.25) is 0 Å². The maximum Gasteiger partial charge on any atom is 0.338 e. The van der Waals surface area contributed by atoms with Crippen LogP contribution < -0.4 is 5.32 Å². The number of carbonyl (C=O) groups is 3. The summed E-state index contributed by atoms with van der Waals surface area (Å²) in [6.07, 6.45) is 0.635. The van der Waals surface area contributed by atoms with Crippen LogP contribution >= 0.6 is 0 Å². The lowest BCUT2D eigenvalue weighted by molar-refractivity contribution is -0.118. The van der Waals surface area contributed by atoms with E-state index in [2.05, 4.69) is 5.32 Å². The molecule has 0 radical (unpaired) electrons. The molecule has 0 unspecified atom stereocenters. The molecule has 0 aliphatic carbocycles. The number of nitrogens with one attached hydrogen (secondary N) is 1. The van der Waals surface area contributed by atoms with Gasteiger partial charge in [-0.15, -0.1) is 0 Å². The van der Waals surface area contributed by atoms with Crippen LogP contribution in [0.3, 0.4) is 0 Å². The number of rotatable bonds is 11. The third kappa shape index (κ3) is 6.73. The van der Waals surface area contributed by atoms with Crippen molar-refractivity contribution < 1.29 is 27.5 Å². The second-order valence-electron chi connectivity index (χ2n) is 7.05. The van der Waals surface area contributed by atoms with Gasteiger partial charge in [-0.05, 0) is 30.2 Å². The first-order valence-corrected chi connectivity index (χ1v) is 11.8. The summed E-state index contributed by atoms with van der Waals surface area (Å²) >= 11 is 0. The van der Waals surface area contributed by atoms with Crippen LogP contribution in [0, 0.1) is 0 Å². The standard InChI is InChI=1S/C23H28N2O6S/c1-4-25(5-2)32(29,30)21-8-6-7-20(15-21)23(28)31-16-22(27)19-11-9-18(10-12-19)13-14-24-17(3)26/h6-12,15H,4-5,13-14,16H2,1-3H3,(H,24,26). The highest BCUT2D eigenvalue weighted by Crippen LogP contribution is 2.17. The van der Waals surface area contributed by atoms with E-state index in [1.54, 1.807) is 38.1 Å². The summed E-state index contributed by atoms with van der Waals surface area (Å²) in [7, 11) is -3.71. The largest absolute Gasteiger partial charge is 0.454 e. The van der Waals surface area contributed by atoms with Crippen molar-refractivity contribution in [2.45, 2.75) is 32.1 Å². The molecule has 172 valence electrons. The van der Waals surface area contributed by atoms with Crippen molar-refractivity contribution in [1.29, 1.82) is 0 Å². The molecular formula is C23H28N2O6S. The fourth-order valence-corrected chi connectivity index (χ4v) is 4.54. The van der Waals surface area contributed by atoms with Gasteiger partial charge in [0.15, 0.2) is 12.4 Å². The molecule has 0 aliphatic rings. The molecule has 0 bridgehead atoms. The highest BCUT2D eigenvalue weighted by molar-refractivity contribution is 7.89. The zero-order chi connectivity index (χ0) is 23.7. The first-order valence-electron chi connectivity index (χ1n) is 10.3. The Hall–Kier alpha value is -3.04. The monoisotopic (exact) mass is 460 g/mol. The van der Waals surface area contributed by atoms with Crippen LogP contribution in [0.15, 0.2) is 53.4 Å². The van der Waals surface area contributed by atoms with Crippen LogP contribution in [-0.4, -0.2) is 56.6 Å². The molecule has 2 aromatic rings. The van der Waals surface area contributed by atoms with Gasteiger partial charge in [0.25, 0.3) is 0 Å². The van der Waals surface area contributed by atoms with Crippen LogP contribution in [0.4, 0.5) is 0 Å². The summed E-state index contributed by atoms with van der Waals surface area (Å²) in [5, 5.41) is 2.70. The Kier molecular flexibility index (Phi) is 9.10. The first-order chi connectivity index (χ1) is 15.2. The molecule has 0 spiro atoms. The Morgan fingerprint density at radius 1 is 0.969 bits per heavy atom. The Morgan fingerprint density at radius 2 is 1.62 bits per heavy atom. The fourth-order valence-electron chi connectivity index (χ4n) is 3.03. The van der Waals surface area contributed by atoms with Crippen molar-refractivity contribution in [2.24, 2.45) is 0 Å². The predicted molar refractivity (Wildman–Crippen MR) is 120 cm³/mol. The van der Waals surface area contributed by atoms with Crippen LogP contribution in [-0.2, 0) is 26.0 Å². The minimum atomic E-state index is -3.71. The average molecular weight is 461 g/mol. The third-order valence-corrected chi connectivity index (χ3v) is 6.86. The van der Waals surface area contributed by atoms with Gasteiger partial charge < -0.3 is 10.1 Å². The van der Waals surface area contributed by atoms with Gasteiger partial charge in [0.05, 0.1) is 10.5 Å². The molecule has 0 heterocycles. The van der Waals surface area contributed by atoms with Gasteiger partial charge in [0.1, 0.15) is 0 Å². The van der Waals surface area contributed by atoms with E-state index in [1.165, 1.54) is 35.5 Å². The Balaban J connectivity index is 1.99. The zero-order valence-corrected chi connectivity index (χ0v) is 19.3. The van der Waals surface area contributed by atoms with E-state index in [9.17, 15) is 22.8 Å². The number of amides is 1. The minimum Gasteiger partial charge on any atom is -0.454 e. The van der Waals surface area contributed by atoms with E-state index >= 15 is 0 Å². The number of ether oxygens (including phenoxy) is 1. The van der Waals surface area contributed by atoms with Gasteiger partial charge in [-0.25, -0.2) is 13.2 Å². The van der Waals surface area contributed by atoms with Gasteiger partial charge >= 0.3 is 5.97 Å². The van der Waals surface area contributed by atoms with Crippen molar-refractivity contribution in [3.05, 3.63) is 65.2 Å². The lowest BCUT2D eigenvalue weighted by Gasteiger charge is -2.18. The number of benzene rings is 2. The highest BCUT2D eigenvalue weighted by atomic mass is 32.2. The molecule has 32 heavy (non-hydrogen) atoms. The SMILES string of the molecule is CCN(CC)S(=O)(=O)c1cccc(C(=O)OCC(=O)c2ccc(CCNC(C)=O)cc2)c1. The van der Waals surface area contributed by atoms with E-state index in [-0.39, 0.29) is 22.1 Å². The maximum absolute atomic E-state index is 12.6. The summed E-state index contributed by atoms with van der Waals surface area (Å²) in [4.78, 5) is 35.6. The molecule has 2 rings (SSSR count). The lowest BCUT2D eigenvalue weighted by Crippen LogP contribution is -2.30. The van der Waals surface area contributed by atoms with Crippen molar-refractivity contribution in [1.82, 2.24) is 9.62 Å². The number of hydrogen-bond acceptors (Lipinski definition) is 6. The van der Waals surface area contributed by atoms with Crippen molar-refractivity contribution >= 4 is 27.7 Å². The predicted octanol–water partition coefficient (Wildman–Crippen LogP) is 2.44. The molecule has 0 saturated heterocycles. The summed E-state index contributed by atoms with van der Waals surface area (Å²) in [6, 6.07) is 12.4. The van der Waals surface area contributed by atoms with Gasteiger partial charge in [-0.3, -0.25) is 9.59 Å². The van der Waals surface area contributed by atoms with E-state index < -0.39 is 22.6 Å². The first kappa shape index (κ1) is 25.2. The van der Waals surface area contributed by atoms with E-state index in [1.807, 2.05) is 0 Å². The van der Waals surface area contributed by atoms with E-state index in [0.717, 1.165) is 5.56 Å². The van der Waals surface area contributed by atoms with Crippen molar-refractivity contribution in [3.63, 3.8) is 0 Å². The highest BCUT2D eigenvalue weighted by Gasteiger charge is 2.23. The van der Waals surface area contributed by atoms with Crippen LogP contribution in [0.1, 0.15) is 47.1 Å². The molecular weight excluding hydrogens is 432 g/mol. The Labute approximate surface area is 188 Å². The van der Waals surface area contributed by atoms with Gasteiger partial charge in [0.2, 0.25) is 15.9 Å². The van der Waals surface area contributed by atoms with Gasteiger partial charge in [-0.2, -0.15) is 4.31 Å². The summed E-state index contributed by atoms with van der Waals surface area (Å²) in [5.41, 5.74) is 1.40.